The molecule has 0 atom stereocenters. The molecule has 0 unspecified atom stereocenters. The number of aliphatic imine (C=N–C) groups is 1. The molecule has 27 heavy (non-hydrogen) atoms. The molecule has 1 fully saturated rings. The molecular weight excluding hydrogens is 461 g/mol. The third-order valence-electron chi connectivity index (χ3n) is 4.31. The Bertz CT molecular complexity index is 635. The molecule has 0 saturated heterocycles. The van der Waals surface area contributed by atoms with E-state index in [-0.39, 0.29) is 24.0 Å². The number of methoxy groups -OCH3 is 2. The third-order valence-corrected chi connectivity index (χ3v) is 4.31. The zero-order chi connectivity index (χ0) is 18.9. The summed E-state index contributed by atoms with van der Waals surface area (Å²) in [5.74, 6) is 1.63. The number of nitrogens with one attached hydrogen (secondary N) is 1. The number of halogens is 1. The van der Waals surface area contributed by atoms with Crippen molar-refractivity contribution in [2.75, 3.05) is 48.1 Å². The monoisotopic (exact) mass is 491 g/mol. The highest BCUT2D eigenvalue weighted by Crippen LogP contribution is 2.28. The van der Waals surface area contributed by atoms with Gasteiger partial charge >= 0.3 is 5.97 Å². The summed E-state index contributed by atoms with van der Waals surface area (Å²) >= 11 is 0. The quantitative estimate of drug-likeness (QED) is 0.188. The van der Waals surface area contributed by atoms with Crippen LogP contribution in [-0.2, 0) is 16.0 Å². The van der Waals surface area contributed by atoms with Gasteiger partial charge in [-0.15, -0.1) is 24.0 Å². The maximum Gasteiger partial charge on any atom is 0.341 e. The number of benzene rings is 1. The third kappa shape index (κ3) is 7.53. The molecule has 1 aliphatic carbocycles. The molecule has 1 aliphatic rings. The number of hydrogen-bond donors (Lipinski definition) is 1. The smallest absolute Gasteiger partial charge is 0.341 e. The van der Waals surface area contributed by atoms with Crippen LogP contribution in [-0.4, -0.2) is 64.9 Å². The van der Waals surface area contributed by atoms with E-state index in [0.717, 1.165) is 30.6 Å². The summed E-state index contributed by atoms with van der Waals surface area (Å²) in [5.41, 5.74) is 1.34. The number of rotatable bonds is 9. The fourth-order valence-corrected chi connectivity index (χ4v) is 2.54. The van der Waals surface area contributed by atoms with Gasteiger partial charge in [-0.3, -0.25) is 4.99 Å². The first-order valence-corrected chi connectivity index (χ1v) is 8.83. The van der Waals surface area contributed by atoms with E-state index in [0.29, 0.717) is 24.5 Å². The van der Waals surface area contributed by atoms with Gasteiger partial charge in [0, 0.05) is 33.8 Å². The van der Waals surface area contributed by atoms with Crippen LogP contribution in [0.3, 0.4) is 0 Å². The molecular formula is C19H30IN3O4. The first-order chi connectivity index (χ1) is 12.6. The van der Waals surface area contributed by atoms with Crippen LogP contribution < -0.4 is 10.1 Å². The maximum absolute atomic E-state index is 11.9. The van der Waals surface area contributed by atoms with Gasteiger partial charge in [-0.25, -0.2) is 4.79 Å². The fourth-order valence-electron chi connectivity index (χ4n) is 2.54. The molecule has 0 bridgehead atoms. The molecule has 2 rings (SSSR count). The number of esters is 1. The SMILES string of the molecule is CN=C(NCc1ccc(OC)c(C(=O)OC)c1)N(C)CCOCC1CC1.I. The van der Waals surface area contributed by atoms with E-state index in [1.54, 1.807) is 19.2 Å². The Morgan fingerprint density at radius 3 is 2.67 bits per heavy atom. The summed E-state index contributed by atoms with van der Waals surface area (Å²) in [5, 5.41) is 3.30. The standard InChI is InChI=1S/C19H29N3O4.HI/c1-20-19(22(2)9-10-26-13-14-5-6-14)21-12-15-7-8-17(24-3)16(11-15)18(23)25-4;/h7-8,11,14H,5-6,9-10,12-13H2,1-4H3,(H,20,21);1H. The summed E-state index contributed by atoms with van der Waals surface area (Å²) in [6.45, 7) is 2.85. The molecule has 0 spiro atoms. The van der Waals surface area contributed by atoms with Crippen molar-refractivity contribution < 1.29 is 19.0 Å². The van der Waals surface area contributed by atoms with E-state index >= 15 is 0 Å². The second-order valence-corrected chi connectivity index (χ2v) is 6.37. The van der Waals surface area contributed by atoms with Crippen LogP contribution in [0.4, 0.5) is 0 Å². The molecule has 1 N–H and O–H groups in total. The number of guanidine groups is 1. The van der Waals surface area contributed by atoms with Crippen molar-refractivity contribution in [2.24, 2.45) is 10.9 Å². The van der Waals surface area contributed by atoms with Crippen LogP contribution in [0.2, 0.25) is 0 Å². The van der Waals surface area contributed by atoms with E-state index in [1.807, 2.05) is 18.0 Å². The molecule has 1 aromatic carbocycles. The number of carbonyl (C=O) groups is 1. The Labute approximate surface area is 178 Å². The van der Waals surface area contributed by atoms with Crippen molar-refractivity contribution in [1.82, 2.24) is 10.2 Å². The topological polar surface area (TPSA) is 72.4 Å². The van der Waals surface area contributed by atoms with Crippen LogP contribution in [0.5, 0.6) is 5.75 Å². The zero-order valence-electron chi connectivity index (χ0n) is 16.5. The Morgan fingerprint density at radius 2 is 2.07 bits per heavy atom. The molecule has 0 aromatic heterocycles. The van der Waals surface area contributed by atoms with E-state index in [4.69, 9.17) is 14.2 Å². The average molecular weight is 491 g/mol. The molecule has 0 radical (unpaired) electrons. The van der Waals surface area contributed by atoms with Gasteiger partial charge in [0.1, 0.15) is 11.3 Å². The van der Waals surface area contributed by atoms with Gasteiger partial charge < -0.3 is 24.4 Å². The summed E-state index contributed by atoms with van der Waals surface area (Å²) < 4.78 is 15.7. The summed E-state index contributed by atoms with van der Waals surface area (Å²) in [6.07, 6.45) is 2.60. The van der Waals surface area contributed by atoms with Crippen molar-refractivity contribution in [2.45, 2.75) is 19.4 Å². The lowest BCUT2D eigenvalue weighted by Gasteiger charge is -2.22. The molecule has 1 saturated carbocycles. The van der Waals surface area contributed by atoms with Gasteiger partial charge in [-0.1, -0.05) is 6.07 Å². The molecule has 1 aromatic rings. The minimum absolute atomic E-state index is 0. The van der Waals surface area contributed by atoms with Crippen molar-refractivity contribution in [3.05, 3.63) is 29.3 Å². The van der Waals surface area contributed by atoms with E-state index < -0.39 is 5.97 Å². The van der Waals surface area contributed by atoms with Crippen LogP contribution in [0, 0.1) is 5.92 Å². The Kier molecular flexibility index (Phi) is 10.5. The van der Waals surface area contributed by atoms with Gasteiger partial charge in [0.2, 0.25) is 0 Å². The minimum Gasteiger partial charge on any atom is -0.496 e. The lowest BCUT2D eigenvalue weighted by Crippen LogP contribution is -2.40. The first-order valence-electron chi connectivity index (χ1n) is 8.83. The Hall–Kier alpha value is -1.55. The van der Waals surface area contributed by atoms with Crippen LogP contribution in [0.15, 0.2) is 23.2 Å². The first kappa shape index (κ1) is 23.5. The van der Waals surface area contributed by atoms with Crippen LogP contribution in [0.1, 0.15) is 28.8 Å². The fraction of sp³-hybridized carbons (Fsp3) is 0.579. The van der Waals surface area contributed by atoms with Gasteiger partial charge in [0.05, 0.1) is 20.8 Å². The molecule has 152 valence electrons. The number of ether oxygens (including phenoxy) is 3. The van der Waals surface area contributed by atoms with Gasteiger partial charge in [-0.05, 0) is 36.5 Å². The number of hydrogen-bond acceptors (Lipinski definition) is 5. The summed E-state index contributed by atoms with van der Waals surface area (Å²) in [7, 11) is 6.61. The summed E-state index contributed by atoms with van der Waals surface area (Å²) in [4.78, 5) is 18.2. The minimum atomic E-state index is -0.419. The van der Waals surface area contributed by atoms with Crippen molar-refractivity contribution in [3.63, 3.8) is 0 Å². The average Bonchev–Trinajstić information content (AvgIpc) is 3.49. The number of nitrogens with zero attached hydrogens (tertiary/aromatic N) is 2. The Balaban J connectivity index is 0.00000364. The normalized spacial score (nSPS) is 13.6. The zero-order valence-corrected chi connectivity index (χ0v) is 18.8. The molecule has 8 heteroatoms. The molecule has 0 aliphatic heterocycles. The maximum atomic E-state index is 11.9. The highest BCUT2D eigenvalue weighted by atomic mass is 127. The highest BCUT2D eigenvalue weighted by molar-refractivity contribution is 14.0. The highest BCUT2D eigenvalue weighted by Gasteiger charge is 2.21. The Morgan fingerprint density at radius 1 is 1.33 bits per heavy atom. The number of likely N-dealkylation sites (N-methyl/N-ethyl adjacent to an activating group) is 1. The van der Waals surface area contributed by atoms with Gasteiger partial charge in [-0.2, -0.15) is 0 Å². The van der Waals surface area contributed by atoms with Crippen molar-refractivity contribution in [3.8, 4) is 5.75 Å². The van der Waals surface area contributed by atoms with Crippen LogP contribution in [0.25, 0.3) is 0 Å². The summed E-state index contributed by atoms with van der Waals surface area (Å²) in [6, 6.07) is 5.44. The van der Waals surface area contributed by atoms with Crippen LogP contribution >= 0.6 is 24.0 Å². The van der Waals surface area contributed by atoms with Crippen molar-refractivity contribution in [1.29, 1.82) is 0 Å². The lowest BCUT2D eigenvalue weighted by atomic mass is 10.1. The largest absolute Gasteiger partial charge is 0.496 e. The van der Waals surface area contributed by atoms with Gasteiger partial charge in [0.25, 0.3) is 0 Å². The predicted molar refractivity (Wildman–Crippen MR) is 116 cm³/mol. The van der Waals surface area contributed by atoms with Gasteiger partial charge in [0.15, 0.2) is 5.96 Å². The van der Waals surface area contributed by atoms with E-state index in [9.17, 15) is 4.79 Å². The lowest BCUT2D eigenvalue weighted by molar-refractivity contribution is 0.0597. The van der Waals surface area contributed by atoms with E-state index in [1.165, 1.54) is 27.1 Å². The second kappa shape index (κ2) is 12.0. The number of carbonyl (C=O) groups excluding carboxylic acids is 1. The predicted octanol–water partition coefficient (Wildman–Crippen LogP) is 2.53. The van der Waals surface area contributed by atoms with E-state index in [2.05, 4.69) is 10.3 Å². The molecule has 0 heterocycles. The second-order valence-electron chi connectivity index (χ2n) is 6.37. The van der Waals surface area contributed by atoms with Crippen molar-refractivity contribution >= 4 is 35.9 Å². The molecule has 7 nitrogen and oxygen atoms in total. The molecule has 0 amide bonds.